The van der Waals surface area contributed by atoms with E-state index >= 15 is 0 Å². The van der Waals surface area contributed by atoms with Crippen molar-refractivity contribution in [3.8, 4) is 0 Å². The van der Waals surface area contributed by atoms with Gasteiger partial charge in [0.05, 0.1) is 6.42 Å². The van der Waals surface area contributed by atoms with Crippen LogP contribution < -0.4 is 5.32 Å². The molecule has 0 atom stereocenters. The van der Waals surface area contributed by atoms with Crippen LogP contribution in [0.15, 0.2) is 0 Å². The molecule has 2 aliphatic rings. The van der Waals surface area contributed by atoms with E-state index in [2.05, 4.69) is 5.32 Å². The third kappa shape index (κ3) is 2.17. The van der Waals surface area contributed by atoms with Crippen LogP contribution in [0, 0.1) is 0 Å². The minimum atomic E-state index is -0.819. The molecule has 2 N–H and O–H groups in total. The van der Waals surface area contributed by atoms with E-state index in [0.717, 1.165) is 4.90 Å². The number of carbonyl (C=O) groups excluding carboxylic acids is 2. The van der Waals surface area contributed by atoms with E-state index in [-0.39, 0.29) is 18.4 Å². The Labute approximate surface area is 105 Å². The van der Waals surface area contributed by atoms with E-state index in [1.165, 1.54) is 7.05 Å². The number of carboxylic acids is 1. The quantitative estimate of drug-likeness (QED) is 0.662. The number of hydrogen-bond acceptors (Lipinski definition) is 4. The van der Waals surface area contributed by atoms with Crippen molar-refractivity contribution in [3.05, 3.63) is 0 Å². The van der Waals surface area contributed by atoms with Crippen LogP contribution in [0.3, 0.4) is 0 Å². The third-order valence-electron chi connectivity index (χ3n) is 3.72. The van der Waals surface area contributed by atoms with Crippen LogP contribution in [0.1, 0.15) is 19.3 Å². The highest BCUT2D eigenvalue weighted by molar-refractivity contribution is 6.06. The number of carbonyl (C=O) groups is 3. The fourth-order valence-corrected chi connectivity index (χ4v) is 2.51. The fourth-order valence-electron chi connectivity index (χ4n) is 2.51. The molecule has 0 bridgehead atoms. The molecule has 0 radical (unpaired) electrons. The molecule has 0 aliphatic carbocycles. The van der Waals surface area contributed by atoms with Crippen LogP contribution in [0.4, 0.5) is 4.79 Å². The minimum Gasteiger partial charge on any atom is -0.481 e. The Morgan fingerprint density at radius 1 is 1.39 bits per heavy atom. The maximum absolute atomic E-state index is 12.0. The summed E-state index contributed by atoms with van der Waals surface area (Å²) in [6.07, 6.45) is 1.19. The van der Waals surface area contributed by atoms with Crippen molar-refractivity contribution < 1.29 is 19.5 Å². The van der Waals surface area contributed by atoms with Crippen molar-refractivity contribution in [2.45, 2.75) is 24.8 Å². The molecule has 2 fully saturated rings. The molecule has 2 aliphatic heterocycles. The first kappa shape index (κ1) is 12.8. The lowest BCUT2D eigenvalue weighted by Crippen LogP contribution is -2.55. The fraction of sp³-hybridized carbons (Fsp3) is 0.727. The lowest BCUT2D eigenvalue weighted by molar-refractivity contribution is -0.138. The molecule has 2 heterocycles. The first-order valence-electron chi connectivity index (χ1n) is 5.99. The van der Waals surface area contributed by atoms with Crippen molar-refractivity contribution in [2.75, 3.05) is 26.7 Å². The molecular weight excluding hydrogens is 238 g/mol. The Balaban J connectivity index is 1.92. The number of nitrogens with zero attached hydrogens (tertiary/aromatic N) is 2. The second kappa shape index (κ2) is 4.56. The number of likely N-dealkylation sites (tertiary alicyclic amines) is 1. The van der Waals surface area contributed by atoms with Gasteiger partial charge in [-0.1, -0.05) is 0 Å². The summed E-state index contributed by atoms with van der Waals surface area (Å²) in [7, 11) is 1.48. The SMILES string of the molecule is CN1C(=O)NC2(CCN(CCC(=O)O)CC2)C1=O. The molecule has 2 saturated heterocycles. The van der Waals surface area contributed by atoms with Crippen LogP contribution in [-0.4, -0.2) is 65.0 Å². The highest BCUT2D eigenvalue weighted by atomic mass is 16.4. The summed E-state index contributed by atoms with van der Waals surface area (Å²) in [5.41, 5.74) is -0.758. The molecule has 1 spiro atoms. The lowest BCUT2D eigenvalue weighted by Gasteiger charge is -2.36. The molecule has 0 unspecified atom stereocenters. The largest absolute Gasteiger partial charge is 0.481 e. The number of amides is 3. The molecule has 0 aromatic rings. The minimum absolute atomic E-state index is 0.104. The average molecular weight is 255 g/mol. The molecular formula is C11H17N3O4. The smallest absolute Gasteiger partial charge is 0.324 e. The zero-order chi connectivity index (χ0) is 13.3. The predicted molar refractivity (Wildman–Crippen MR) is 62.0 cm³/mol. The summed E-state index contributed by atoms with van der Waals surface area (Å²) in [6, 6.07) is -0.348. The number of hydrogen-bond donors (Lipinski definition) is 2. The second-order valence-electron chi connectivity index (χ2n) is 4.86. The molecule has 18 heavy (non-hydrogen) atoms. The first-order chi connectivity index (χ1) is 8.44. The Bertz CT molecular complexity index is 388. The van der Waals surface area contributed by atoms with Crippen LogP contribution in [0.25, 0.3) is 0 Å². The molecule has 0 aromatic carbocycles. The van der Waals surface area contributed by atoms with Gasteiger partial charge in [0.25, 0.3) is 5.91 Å². The number of urea groups is 1. The molecule has 0 aromatic heterocycles. The number of nitrogens with one attached hydrogen (secondary N) is 1. The number of rotatable bonds is 3. The van der Waals surface area contributed by atoms with E-state index in [0.29, 0.717) is 32.5 Å². The lowest BCUT2D eigenvalue weighted by atomic mass is 9.87. The number of imide groups is 1. The number of aliphatic carboxylic acids is 1. The van der Waals surface area contributed by atoms with Gasteiger partial charge in [-0.25, -0.2) is 4.79 Å². The summed E-state index contributed by atoms with van der Waals surface area (Å²) < 4.78 is 0. The molecule has 2 rings (SSSR count). The van der Waals surface area contributed by atoms with Gasteiger partial charge >= 0.3 is 12.0 Å². The van der Waals surface area contributed by atoms with Crippen LogP contribution in [-0.2, 0) is 9.59 Å². The predicted octanol–water partition coefficient (Wildman–Crippen LogP) is -0.523. The highest BCUT2D eigenvalue weighted by Gasteiger charge is 2.50. The monoisotopic (exact) mass is 255 g/mol. The Kier molecular flexibility index (Phi) is 3.25. The number of likely N-dealkylation sites (N-methyl/N-ethyl adjacent to an activating group) is 1. The van der Waals surface area contributed by atoms with Crippen molar-refractivity contribution in [1.82, 2.24) is 15.1 Å². The van der Waals surface area contributed by atoms with Crippen LogP contribution in [0.2, 0.25) is 0 Å². The van der Waals surface area contributed by atoms with E-state index in [1.54, 1.807) is 0 Å². The summed E-state index contributed by atoms with van der Waals surface area (Å²) in [5, 5.41) is 11.4. The van der Waals surface area contributed by atoms with Crippen molar-refractivity contribution >= 4 is 17.9 Å². The van der Waals surface area contributed by atoms with Gasteiger partial charge in [0.15, 0.2) is 0 Å². The van der Waals surface area contributed by atoms with E-state index in [9.17, 15) is 14.4 Å². The van der Waals surface area contributed by atoms with Gasteiger partial charge < -0.3 is 15.3 Å². The van der Waals surface area contributed by atoms with Gasteiger partial charge in [-0.15, -0.1) is 0 Å². The third-order valence-corrected chi connectivity index (χ3v) is 3.72. The van der Waals surface area contributed by atoms with Crippen molar-refractivity contribution in [1.29, 1.82) is 0 Å². The molecule has 7 heteroatoms. The molecule has 100 valence electrons. The maximum Gasteiger partial charge on any atom is 0.324 e. The Morgan fingerprint density at radius 2 is 2.00 bits per heavy atom. The zero-order valence-electron chi connectivity index (χ0n) is 10.3. The summed E-state index contributed by atoms with van der Waals surface area (Å²) in [4.78, 5) is 37.1. The van der Waals surface area contributed by atoms with Gasteiger partial charge in [-0.3, -0.25) is 14.5 Å². The average Bonchev–Trinajstić information content (AvgIpc) is 2.54. The van der Waals surface area contributed by atoms with Gasteiger partial charge in [-0.05, 0) is 12.8 Å². The van der Waals surface area contributed by atoms with Gasteiger partial charge in [0, 0.05) is 26.7 Å². The van der Waals surface area contributed by atoms with E-state index < -0.39 is 11.5 Å². The van der Waals surface area contributed by atoms with Crippen LogP contribution in [0.5, 0.6) is 0 Å². The van der Waals surface area contributed by atoms with Gasteiger partial charge in [0.2, 0.25) is 0 Å². The molecule has 7 nitrogen and oxygen atoms in total. The Hall–Kier alpha value is -1.63. The van der Waals surface area contributed by atoms with Gasteiger partial charge in [0.1, 0.15) is 5.54 Å². The van der Waals surface area contributed by atoms with E-state index in [4.69, 9.17) is 5.11 Å². The first-order valence-corrected chi connectivity index (χ1v) is 5.99. The topological polar surface area (TPSA) is 90.0 Å². The standard InChI is InChI=1S/C11H17N3O4/c1-13-9(17)11(12-10(13)18)3-6-14(7-4-11)5-2-8(15)16/h2-7H2,1H3,(H,12,18)(H,15,16). The van der Waals surface area contributed by atoms with Crippen molar-refractivity contribution in [2.24, 2.45) is 0 Å². The van der Waals surface area contributed by atoms with Crippen molar-refractivity contribution in [3.63, 3.8) is 0 Å². The molecule has 0 saturated carbocycles. The molecule has 3 amide bonds. The number of carboxylic acid groups (broad SMARTS) is 1. The summed E-state index contributed by atoms with van der Waals surface area (Å²) >= 11 is 0. The Morgan fingerprint density at radius 3 is 2.44 bits per heavy atom. The van der Waals surface area contributed by atoms with Gasteiger partial charge in [-0.2, -0.15) is 0 Å². The maximum atomic E-state index is 12.0. The van der Waals surface area contributed by atoms with E-state index in [1.807, 2.05) is 4.90 Å². The highest BCUT2D eigenvalue weighted by Crippen LogP contribution is 2.28. The number of piperidine rings is 1. The second-order valence-corrected chi connectivity index (χ2v) is 4.86. The van der Waals surface area contributed by atoms with Crippen LogP contribution >= 0.6 is 0 Å². The summed E-state index contributed by atoms with van der Waals surface area (Å²) in [6.45, 7) is 1.75. The summed E-state index contributed by atoms with van der Waals surface area (Å²) in [5.74, 6) is -0.995. The normalized spacial score (nSPS) is 23.5. The zero-order valence-corrected chi connectivity index (χ0v) is 10.3.